The number of benzene rings is 1. The zero-order valence-corrected chi connectivity index (χ0v) is 10.8. The number of aliphatic hydroxyl groups is 1. The Bertz CT molecular complexity index is 325. The second-order valence-electron chi connectivity index (χ2n) is 4.82. The Morgan fingerprint density at radius 2 is 1.81 bits per heavy atom. The summed E-state index contributed by atoms with van der Waals surface area (Å²) in [7, 11) is 0. The predicted molar refractivity (Wildman–Crippen MR) is 71.0 cm³/mol. The SMILES string of the molecule is CC(C)c1ccc(C(O)C2CCCS2)cc1. The molecule has 1 N–H and O–H groups in total. The number of hydrogen-bond donors (Lipinski definition) is 1. The van der Waals surface area contributed by atoms with Gasteiger partial charge < -0.3 is 5.11 Å². The lowest BCUT2D eigenvalue weighted by molar-refractivity contribution is 0.173. The predicted octanol–water partition coefficient (Wildman–Crippen LogP) is 3.74. The summed E-state index contributed by atoms with van der Waals surface area (Å²) in [4.78, 5) is 0. The Morgan fingerprint density at radius 3 is 2.31 bits per heavy atom. The van der Waals surface area contributed by atoms with Crippen LogP contribution in [0.1, 0.15) is 49.8 Å². The van der Waals surface area contributed by atoms with E-state index in [-0.39, 0.29) is 6.10 Å². The molecule has 2 unspecified atom stereocenters. The van der Waals surface area contributed by atoms with E-state index in [1.54, 1.807) is 0 Å². The van der Waals surface area contributed by atoms with Crippen molar-refractivity contribution in [3.05, 3.63) is 35.4 Å². The molecule has 0 saturated carbocycles. The van der Waals surface area contributed by atoms with Crippen molar-refractivity contribution in [3.8, 4) is 0 Å². The molecule has 1 saturated heterocycles. The molecule has 2 heteroatoms. The summed E-state index contributed by atoms with van der Waals surface area (Å²) in [6.45, 7) is 4.39. The topological polar surface area (TPSA) is 20.2 Å². The molecule has 1 aliphatic heterocycles. The van der Waals surface area contributed by atoms with Crippen LogP contribution in [0.15, 0.2) is 24.3 Å². The number of aliphatic hydroxyl groups excluding tert-OH is 1. The van der Waals surface area contributed by atoms with Crippen LogP contribution in [0.3, 0.4) is 0 Å². The van der Waals surface area contributed by atoms with E-state index in [1.165, 1.54) is 17.7 Å². The van der Waals surface area contributed by atoms with Gasteiger partial charge in [-0.3, -0.25) is 0 Å². The van der Waals surface area contributed by atoms with Crippen molar-refractivity contribution in [1.82, 2.24) is 0 Å². The standard InChI is InChI=1S/C14H20OS/c1-10(2)11-5-7-12(8-6-11)14(15)13-4-3-9-16-13/h5-8,10,13-15H,3-4,9H2,1-2H3. The first-order chi connectivity index (χ1) is 7.68. The van der Waals surface area contributed by atoms with Gasteiger partial charge in [-0.2, -0.15) is 11.8 Å². The summed E-state index contributed by atoms with van der Waals surface area (Å²) >= 11 is 1.91. The Balaban J connectivity index is 2.08. The van der Waals surface area contributed by atoms with Crippen LogP contribution in [0.5, 0.6) is 0 Å². The van der Waals surface area contributed by atoms with Gasteiger partial charge in [0.1, 0.15) is 0 Å². The molecule has 0 radical (unpaired) electrons. The second-order valence-corrected chi connectivity index (χ2v) is 6.16. The minimum absolute atomic E-state index is 0.284. The van der Waals surface area contributed by atoms with Crippen molar-refractivity contribution in [3.63, 3.8) is 0 Å². The van der Waals surface area contributed by atoms with Gasteiger partial charge in [0.25, 0.3) is 0 Å². The normalized spacial score (nSPS) is 22.6. The van der Waals surface area contributed by atoms with E-state index in [0.29, 0.717) is 11.2 Å². The van der Waals surface area contributed by atoms with Crippen molar-refractivity contribution in [2.45, 2.75) is 44.0 Å². The van der Waals surface area contributed by atoms with E-state index in [1.807, 2.05) is 11.8 Å². The lowest BCUT2D eigenvalue weighted by atomic mass is 9.98. The molecule has 0 amide bonds. The van der Waals surface area contributed by atoms with Crippen molar-refractivity contribution >= 4 is 11.8 Å². The minimum Gasteiger partial charge on any atom is -0.387 e. The maximum Gasteiger partial charge on any atom is 0.0908 e. The highest BCUT2D eigenvalue weighted by Gasteiger charge is 2.24. The van der Waals surface area contributed by atoms with Crippen molar-refractivity contribution in [1.29, 1.82) is 0 Å². The van der Waals surface area contributed by atoms with Crippen LogP contribution in [0.4, 0.5) is 0 Å². The van der Waals surface area contributed by atoms with Gasteiger partial charge in [-0.05, 0) is 35.6 Å². The quantitative estimate of drug-likeness (QED) is 0.862. The fourth-order valence-electron chi connectivity index (χ4n) is 2.14. The van der Waals surface area contributed by atoms with Crippen molar-refractivity contribution in [2.75, 3.05) is 5.75 Å². The lowest BCUT2D eigenvalue weighted by Gasteiger charge is -2.18. The van der Waals surface area contributed by atoms with Gasteiger partial charge in [-0.15, -0.1) is 0 Å². The maximum atomic E-state index is 10.2. The number of thioether (sulfide) groups is 1. The largest absolute Gasteiger partial charge is 0.387 e. The minimum atomic E-state index is -0.284. The fourth-order valence-corrected chi connectivity index (χ4v) is 3.45. The van der Waals surface area contributed by atoms with E-state index in [9.17, 15) is 5.11 Å². The molecule has 16 heavy (non-hydrogen) atoms. The Morgan fingerprint density at radius 1 is 1.19 bits per heavy atom. The van der Waals surface area contributed by atoms with Gasteiger partial charge in [0.2, 0.25) is 0 Å². The van der Waals surface area contributed by atoms with E-state index >= 15 is 0 Å². The van der Waals surface area contributed by atoms with Gasteiger partial charge in [-0.25, -0.2) is 0 Å². The summed E-state index contributed by atoms with van der Waals surface area (Å²) < 4.78 is 0. The molecule has 0 spiro atoms. The third-order valence-corrected chi connectivity index (χ3v) is 4.71. The van der Waals surface area contributed by atoms with Gasteiger partial charge >= 0.3 is 0 Å². The van der Waals surface area contributed by atoms with Crippen LogP contribution >= 0.6 is 11.8 Å². The van der Waals surface area contributed by atoms with Crippen LogP contribution in [0.2, 0.25) is 0 Å². The van der Waals surface area contributed by atoms with Crippen LogP contribution in [-0.2, 0) is 0 Å². The summed E-state index contributed by atoms with van der Waals surface area (Å²) in [5.74, 6) is 1.76. The molecule has 1 aromatic rings. The van der Waals surface area contributed by atoms with Crippen LogP contribution < -0.4 is 0 Å². The lowest BCUT2D eigenvalue weighted by Crippen LogP contribution is -2.11. The third-order valence-electron chi connectivity index (χ3n) is 3.26. The molecule has 2 atom stereocenters. The van der Waals surface area contributed by atoms with E-state index in [0.717, 1.165) is 12.0 Å². The average molecular weight is 236 g/mol. The molecular formula is C14H20OS. The van der Waals surface area contributed by atoms with Crippen LogP contribution in [0.25, 0.3) is 0 Å². The third kappa shape index (κ3) is 2.61. The molecule has 0 bridgehead atoms. The second kappa shape index (κ2) is 5.24. The zero-order valence-electron chi connectivity index (χ0n) is 10.0. The van der Waals surface area contributed by atoms with E-state index < -0.39 is 0 Å². The maximum absolute atomic E-state index is 10.2. The highest BCUT2D eigenvalue weighted by Crippen LogP contribution is 2.36. The van der Waals surface area contributed by atoms with Gasteiger partial charge in [0, 0.05) is 5.25 Å². The van der Waals surface area contributed by atoms with Crippen molar-refractivity contribution < 1.29 is 5.11 Å². The molecule has 1 aliphatic rings. The van der Waals surface area contributed by atoms with Gasteiger partial charge in [0.05, 0.1) is 6.10 Å². The molecule has 0 aliphatic carbocycles. The van der Waals surface area contributed by atoms with Crippen molar-refractivity contribution in [2.24, 2.45) is 0 Å². The van der Waals surface area contributed by atoms with Crippen LogP contribution in [-0.4, -0.2) is 16.1 Å². The molecule has 88 valence electrons. The summed E-state index contributed by atoms with van der Waals surface area (Å²) in [6.07, 6.45) is 2.11. The first kappa shape index (κ1) is 12.0. The molecule has 0 aromatic heterocycles. The zero-order chi connectivity index (χ0) is 11.5. The molecule has 1 fully saturated rings. The van der Waals surface area contributed by atoms with E-state index in [2.05, 4.69) is 38.1 Å². The Kier molecular flexibility index (Phi) is 3.93. The molecule has 1 aromatic carbocycles. The first-order valence-corrected chi connectivity index (χ1v) is 7.13. The average Bonchev–Trinajstić information content (AvgIpc) is 2.81. The molecule has 2 rings (SSSR count). The summed E-state index contributed by atoms with van der Waals surface area (Å²) in [5, 5.41) is 10.6. The van der Waals surface area contributed by atoms with Gasteiger partial charge in [0.15, 0.2) is 0 Å². The summed E-state index contributed by atoms with van der Waals surface area (Å²) in [5.41, 5.74) is 2.42. The first-order valence-electron chi connectivity index (χ1n) is 6.08. The highest BCUT2D eigenvalue weighted by molar-refractivity contribution is 8.00. The number of rotatable bonds is 3. The number of hydrogen-bond acceptors (Lipinski definition) is 2. The molecular weight excluding hydrogens is 216 g/mol. The monoisotopic (exact) mass is 236 g/mol. The fraction of sp³-hybridized carbons (Fsp3) is 0.571. The smallest absolute Gasteiger partial charge is 0.0908 e. The van der Waals surface area contributed by atoms with Crippen LogP contribution in [0, 0.1) is 0 Å². The Hall–Kier alpha value is -0.470. The van der Waals surface area contributed by atoms with Gasteiger partial charge in [-0.1, -0.05) is 38.1 Å². The summed E-state index contributed by atoms with van der Waals surface area (Å²) in [6, 6.07) is 8.45. The molecule has 1 heterocycles. The molecule has 1 nitrogen and oxygen atoms in total. The highest BCUT2D eigenvalue weighted by atomic mass is 32.2. The Labute approximate surface area is 102 Å². The van der Waals surface area contributed by atoms with E-state index in [4.69, 9.17) is 0 Å².